The number of carbonyl (C=O) groups excluding carboxylic acids is 1. The topological polar surface area (TPSA) is 64.8 Å². The molecule has 1 heterocycles. The van der Waals surface area contributed by atoms with Crippen LogP contribution in [0, 0.1) is 0 Å². The van der Waals surface area contributed by atoms with Crippen molar-refractivity contribution in [2.75, 3.05) is 27.3 Å². The van der Waals surface area contributed by atoms with Gasteiger partial charge in [-0.25, -0.2) is 0 Å². The van der Waals surface area contributed by atoms with Crippen molar-refractivity contribution in [1.82, 2.24) is 4.90 Å². The zero-order chi connectivity index (χ0) is 17.8. The van der Waals surface area contributed by atoms with Crippen molar-refractivity contribution in [1.29, 1.82) is 0 Å². The molecule has 1 aliphatic rings. The molecule has 5 heteroatoms. The monoisotopic (exact) mass is 340 g/mol. The number of primary amides is 1. The van der Waals surface area contributed by atoms with Crippen LogP contribution >= 0.6 is 0 Å². The molecule has 0 bridgehead atoms. The standard InChI is InChI=1S/C20H24N2O3/c1-24-18-9-17(10-19(11-18)25-2)16-7-8-22(13-16)12-14-3-5-15(6-4-14)20(21)23/h3-6,9-11,16H,7-8,12-13H2,1-2H3,(H2,21,23)/t16-/m1/s1. The zero-order valence-corrected chi connectivity index (χ0v) is 14.7. The van der Waals surface area contributed by atoms with E-state index in [1.54, 1.807) is 26.4 Å². The summed E-state index contributed by atoms with van der Waals surface area (Å²) >= 11 is 0. The highest BCUT2D eigenvalue weighted by Gasteiger charge is 2.24. The third-order valence-corrected chi connectivity index (χ3v) is 4.76. The number of likely N-dealkylation sites (tertiary alicyclic amines) is 1. The summed E-state index contributed by atoms with van der Waals surface area (Å²) in [5.74, 6) is 1.73. The van der Waals surface area contributed by atoms with Crippen LogP contribution in [0.2, 0.25) is 0 Å². The van der Waals surface area contributed by atoms with Gasteiger partial charge in [-0.05, 0) is 54.3 Å². The molecule has 1 fully saturated rings. The summed E-state index contributed by atoms with van der Waals surface area (Å²) in [6.45, 7) is 2.91. The summed E-state index contributed by atoms with van der Waals surface area (Å²) in [6, 6.07) is 13.6. The molecule has 5 nitrogen and oxygen atoms in total. The molecule has 2 aromatic carbocycles. The first kappa shape index (κ1) is 17.3. The quantitative estimate of drug-likeness (QED) is 0.878. The van der Waals surface area contributed by atoms with E-state index in [-0.39, 0.29) is 5.91 Å². The second-order valence-corrected chi connectivity index (χ2v) is 6.43. The van der Waals surface area contributed by atoms with Crippen LogP contribution < -0.4 is 15.2 Å². The lowest BCUT2D eigenvalue weighted by Crippen LogP contribution is -2.20. The van der Waals surface area contributed by atoms with Crippen LogP contribution in [0.5, 0.6) is 11.5 Å². The van der Waals surface area contributed by atoms with Gasteiger partial charge in [0.05, 0.1) is 14.2 Å². The van der Waals surface area contributed by atoms with Gasteiger partial charge in [0.2, 0.25) is 5.91 Å². The van der Waals surface area contributed by atoms with Gasteiger partial charge in [0.25, 0.3) is 0 Å². The molecule has 0 radical (unpaired) electrons. The fourth-order valence-electron chi connectivity index (χ4n) is 3.35. The van der Waals surface area contributed by atoms with Crippen molar-refractivity contribution >= 4 is 5.91 Å². The van der Waals surface area contributed by atoms with E-state index in [9.17, 15) is 4.79 Å². The lowest BCUT2D eigenvalue weighted by Gasteiger charge is -2.17. The molecule has 0 aliphatic carbocycles. The van der Waals surface area contributed by atoms with Crippen LogP contribution in [-0.2, 0) is 6.54 Å². The van der Waals surface area contributed by atoms with Crippen molar-refractivity contribution in [3.63, 3.8) is 0 Å². The Morgan fingerprint density at radius 1 is 1.12 bits per heavy atom. The van der Waals surface area contributed by atoms with Gasteiger partial charge in [0.15, 0.2) is 0 Å². The van der Waals surface area contributed by atoms with Gasteiger partial charge < -0.3 is 15.2 Å². The minimum absolute atomic E-state index is 0.389. The largest absolute Gasteiger partial charge is 0.497 e. The van der Waals surface area contributed by atoms with E-state index >= 15 is 0 Å². The first-order valence-corrected chi connectivity index (χ1v) is 8.43. The number of hydrogen-bond acceptors (Lipinski definition) is 4. The summed E-state index contributed by atoms with van der Waals surface area (Å²) in [5.41, 5.74) is 8.28. The number of nitrogens with zero attached hydrogens (tertiary/aromatic N) is 1. The van der Waals surface area contributed by atoms with E-state index in [0.717, 1.165) is 37.6 Å². The predicted molar refractivity (Wildman–Crippen MR) is 97.1 cm³/mol. The third kappa shape index (κ3) is 4.12. The number of benzene rings is 2. The average Bonchev–Trinajstić information content (AvgIpc) is 3.10. The summed E-state index contributed by atoms with van der Waals surface area (Å²) < 4.78 is 10.8. The zero-order valence-electron chi connectivity index (χ0n) is 14.7. The fourth-order valence-corrected chi connectivity index (χ4v) is 3.35. The van der Waals surface area contributed by atoms with Crippen LogP contribution in [-0.4, -0.2) is 38.1 Å². The molecular formula is C20H24N2O3. The Morgan fingerprint density at radius 3 is 2.32 bits per heavy atom. The van der Waals surface area contributed by atoms with Crippen molar-refractivity contribution in [2.24, 2.45) is 5.73 Å². The van der Waals surface area contributed by atoms with Gasteiger partial charge in [-0.3, -0.25) is 9.69 Å². The summed E-state index contributed by atoms with van der Waals surface area (Å²) in [4.78, 5) is 13.6. The van der Waals surface area contributed by atoms with Crippen molar-refractivity contribution < 1.29 is 14.3 Å². The highest BCUT2D eigenvalue weighted by atomic mass is 16.5. The average molecular weight is 340 g/mol. The molecule has 2 aromatic rings. The molecule has 1 amide bonds. The molecule has 1 aliphatic heterocycles. The summed E-state index contributed by atoms with van der Waals surface area (Å²) in [6.07, 6.45) is 1.11. The number of rotatable bonds is 6. The maximum absolute atomic E-state index is 11.2. The molecule has 0 saturated carbocycles. The molecule has 1 atom stereocenters. The highest BCUT2D eigenvalue weighted by molar-refractivity contribution is 5.92. The number of methoxy groups -OCH3 is 2. The Morgan fingerprint density at radius 2 is 1.76 bits per heavy atom. The minimum Gasteiger partial charge on any atom is -0.497 e. The Balaban J connectivity index is 1.66. The van der Waals surface area contributed by atoms with E-state index < -0.39 is 0 Å². The second kappa shape index (κ2) is 7.57. The molecule has 25 heavy (non-hydrogen) atoms. The summed E-state index contributed by atoms with van der Waals surface area (Å²) in [7, 11) is 3.35. The predicted octanol–water partition coefficient (Wildman–Crippen LogP) is 2.79. The molecule has 2 N–H and O–H groups in total. The SMILES string of the molecule is COc1cc(OC)cc([C@@H]2CCN(Cc3ccc(C(N)=O)cc3)C2)c1. The molecule has 1 saturated heterocycles. The van der Waals surface area contributed by atoms with E-state index in [1.807, 2.05) is 18.2 Å². The number of amides is 1. The van der Waals surface area contributed by atoms with E-state index in [1.165, 1.54) is 11.1 Å². The fraction of sp³-hybridized carbons (Fsp3) is 0.350. The Hall–Kier alpha value is -2.53. The van der Waals surface area contributed by atoms with E-state index in [0.29, 0.717) is 11.5 Å². The maximum atomic E-state index is 11.2. The molecule has 0 spiro atoms. The molecule has 0 aromatic heterocycles. The number of carbonyl (C=O) groups is 1. The number of ether oxygens (including phenoxy) is 2. The smallest absolute Gasteiger partial charge is 0.248 e. The van der Waals surface area contributed by atoms with Gasteiger partial charge >= 0.3 is 0 Å². The number of hydrogen-bond donors (Lipinski definition) is 1. The lowest BCUT2D eigenvalue weighted by atomic mass is 9.98. The van der Waals surface area contributed by atoms with Gasteiger partial charge in [-0.2, -0.15) is 0 Å². The number of nitrogens with two attached hydrogens (primary N) is 1. The Bertz CT molecular complexity index is 721. The van der Waals surface area contributed by atoms with Crippen LogP contribution in [0.15, 0.2) is 42.5 Å². The van der Waals surface area contributed by atoms with Gasteiger partial charge in [-0.1, -0.05) is 12.1 Å². The lowest BCUT2D eigenvalue weighted by molar-refractivity contribution is 0.100. The third-order valence-electron chi connectivity index (χ3n) is 4.76. The molecule has 3 rings (SSSR count). The highest BCUT2D eigenvalue weighted by Crippen LogP contribution is 2.33. The van der Waals surface area contributed by atoms with Crippen LogP contribution in [0.25, 0.3) is 0 Å². The molecular weight excluding hydrogens is 316 g/mol. The van der Waals surface area contributed by atoms with Crippen molar-refractivity contribution in [3.8, 4) is 11.5 Å². The normalized spacial score (nSPS) is 17.4. The Labute approximate surface area is 148 Å². The van der Waals surface area contributed by atoms with Crippen LogP contribution in [0.1, 0.15) is 33.8 Å². The first-order valence-electron chi connectivity index (χ1n) is 8.43. The van der Waals surface area contributed by atoms with Crippen molar-refractivity contribution in [3.05, 3.63) is 59.2 Å². The molecule has 132 valence electrons. The Kier molecular flexibility index (Phi) is 5.24. The van der Waals surface area contributed by atoms with E-state index in [2.05, 4.69) is 17.0 Å². The minimum atomic E-state index is -0.389. The van der Waals surface area contributed by atoms with Gasteiger partial charge in [0.1, 0.15) is 11.5 Å². The maximum Gasteiger partial charge on any atom is 0.248 e. The van der Waals surface area contributed by atoms with Gasteiger partial charge in [-0.15, -0.1) is 0 Å². The first-order chi connectivity index (χ1) is 12.1. The molecule has 0 unspecified atom stereocenters. The van der Waals surface area contributed by atoms with Crippen LogP contribution in [0.4, 0.5) is 0 Å². The second-order valence-electron chi connectivity index (χ2n) is 6.43. The van der Waals surface area contributed by atoms with E-state index in [4.69, 9.17) is 15.2 Å². The van der Waals surface area contributed by atoms with Gasteiger partial charge in [0, 0.05) is 24.7 Å². The van der Waals surface area contributed by atoms with Crippen LogP contribution in [0.3, 0.4) is 0 Å². The summed E-state index contributed by atoms with van der Waals surface area (Å²) in [5, 5.41) is 0. The van der Waals surface area contributed by atoms with Crippen molar-refractivity contribution in [2.45, 2.75) is 18.9 Å².